The molecule has 2 aliphatic rings. The molecule has 144 valence electrons. The van der Waals surface area contributed by atoms with E-state index < -0.39 is 8.96 Å². The van der Waals surface area contributed by atoms with E-state index >= 15 is 0 Å². The molecule has 0 amide bonds. The Morgan fingerprint density at radius 3 is 2.25 bits per heavy atom. The lowest BCUT2D eigenvalue weighted by atomic mass is 10.4. The van der Waals surface area contributed by atoms with E-state index in [9.17, 15) is 0 Å². The van der Waals surface area contributed by atoms with Gasteiger partial charge in [-0.25, -0.2) is 0 Å². The first-order valence-corrected chi connectivity index (χ1v) is 16.5. The van der Waals surface area contributed by atoms with Crippen LogP contribution < -0.4 is 0 Å². The summed E-state index contributed by atoms with van der Waals surface area (Å²) < 4.78 is 14.5. The van der Waals surface area contributed by atoms with Gasteiger partial charge in [-0.05, 0) is 58.8 Å². The van der Waals surface area contributed by atoms with Crippen LogP contribution in [0.4, 0.5) is 0 Å². The highest BCUT2D eigenvalue weighted by Crippen LogP contribution is 2.19. The molecule has 6 heteroatoms. The van der Waals surface area contributed by atoms with Crippen molar-refractivity contribution in [3.8, 4) is 0 Å². The van der Waals surface area contributed by atoms with Gasteiger partial charge in [0.05, 0.1) is 9.52 Å². The number of ether oxygens (including phenoxy) is 2. The number of nitrogens with zero attached hydrogens (tertiary/aromatic N) is 1. The minimum absolute atomic E-state index is 0.226. The molecule has 3 nitrogen and oxygen atoms in total. The van der Waals surface area contributed by atoms with Gasteiger partial charge in [0.1, 0.15) is 14.4 Å². The Kier molecular flexibility index (Phi) is 12.9. The second kappa shape index (κ2) is 13.7. The molecule has 1 atom stereocenters. The van der Waals surface area contributed by atoms with E-state index in [1.165, 1.54) is 38.0 Å². The van der Waals surface area contributed by atoms with Gasteiger partial charge in [0.2, 0.25) is 0 Å². The third-order valence-electron chi connectivity index (χ3n) is 5.45. The van der Waals surface area contributed by atoms with Gasteiger partial charge in [0.15, 0.2) is 0 Å². The molecule has 0 radical (unpaired) electrons. The standard InChI is InChI=1S/C14H33NO2Si2.C4H10Si/c1-5-16-14(4,17-6-2)18-12-8-10-15-11-9-13-19(15)7-3;1-2-4-5-3-1/h19H,5-13,18H2,1-4H3;1-5H2. The van der Waals surface area contributed by atoms with E-state index in [-0.39, 0.29) is 14.9 Å². The van der Waals surface area contributed by atoms with Crippen LogP contribution in [-0.4, -0.2) is 64.3 Å². The molecule has 0 aromatic heterocycles. The van der Waals surface area contributed by atoms with Gasteiger partial charge < -0.3 is 14.0 Å². The van der Waals surface area contributed by atoms with Gasteiger partial charge in [0, 0.05) is 22.7 Å². The van der Waals surface area contributed by atoms with Crippen LogP contribution in [0, 0.1) is 0 Å². The summed E-state index contributed by atoms with van der Waals surface area (Å²) in [5, 5.41) is 0. The third-order valence-corrected chi connectivity index (χ3v) is 13.2. The van der Waals surface area contributed by atoms with Crippen molar-refractivity contribution in [1.29, 1.82) is 0 Å². The maximum absolute atomic E-state index is 5.82. The normalized spacial score (nSPS) is 22.2. The van der Waals surface area contributed by atoms with Crippen molar-refractivity contribution in [2.75, 3.05) is 26.3 Å². The first-order chi connectivity index (χ1) is 11.6. The Balaban J connectivity index is 0.000000488. The van der Waals surface area contributed by atoms with Crippen molar-refractivity contribution in [2.24, 2.45) is 0 Å². The Morgan fingerprint density at radius 1 is 1.08 bits per heavy atom. The lowest BCUT2D eigenvalue weighted by molar-refractivity contribution is -0.163. The van der Waals surface area contributed by atoms with Crippen molar-refractivity contribution in [3.63, 3.8) is 0 Å². The summed E-state index contributed by atoms with van der Waals surface area (Å²) in [6.07, 6.45) is 5.93. The molecule has 2 fully saturated rings. The minimum Gasteiger partial charge on any atom is -0.355 e. The molecule has 2 heterocycles. The summed E-state index contributed by atoms with van der Waals surface area (Å²) in [5.74, 6) is 0. The van der Waals surface area contributed by atoms with E-state index in [1.807, 2.05) is 0 Å². The highest BCUT2D eigenvalue weighted by Gasteiger charge is 2.26. The molecule has 2 saturated heterocycles. The second-order valence-corrected chi connectivity index (χ2v) is 15.5. The van der Waals surface area contributed by atoms with E-state index in [0.29, 0.717) is 9.52 Å². The summed E-state index contributed by atoms with van der Waals surface area (Å²) in [4.78, 5) is 0. The van der Waals surface area contributed by atoms with Crippen LogP contribution >= 0.6 is 0 Å². The Hall–Kier alpha value is 0.531. The molecule has 0 saturated carbocycles. The average molecular weight is 390 g/mol. The SMILES string of the molecule is C1CC[SiH2]C1.CCOC(C)(OCC)[SiH2]CCCN1CCC[SiH]1CC. The smallest absolute Gasteiger partial charge is 0.142 e. The monoisotopic (exact) mass is 389 g/mol. The van der Waals surface area contributed by atoms with Crippen LogP contribution in [-0.2, 0) is 9.47 Å². The second-order valence-electron chi connectivity index (χ2n) is 7.46. The molecule has 0 aromatic carbocycles. The summed E-state index contributed by atoms with van der Waals surface area (Å²) in [7, 11) is -0.267. The quantitative estimate of drug-likeness (QED) is 0.326. The largest absolute Gasteiger partial charge is 0.355 e. The minimum atomic E-state index is -0.500. The fourth-order valence-electron chi connectivity index (χ4n) is 4.09. The zero-order chi connectivity index (χ0) is 17.7. The third kappa shape index (κ3) is 9.29. The fourth-order valence-corrected chi connectivity index (χ4v) is 10.7. The summed E-state index contributed by atoms with van der Waals surface area (Å²) >= 11 is 0. The molecule has 0 spiro atoms. The van der Waals surface area contributed by atoms with Crippen LogP contribution in [0.3, 0.4) is 0 Å². The lowest BCUT2D eigenvalue weighted by Gasteiger charge is -2.29. The Labute approximate surface area is 157 Å². The molecule has 0 N–H and O–H groups in total. The van der Waals surface area contributed by atoms with Gasteiger partial charge in [-0.1, -0.05) is 37.9 Å². The fraction of sp³-hybridized carbons (Fsp3) is 1.00. The zero-order valence-electron chi connectivity index (χ0n) is 16.9. The summed E-state index contributed by atoms with van der Waals surface area (Å²) in [5.41, 5.74) is -0.226. The van der Waals surface area contributed by atoms with E-state index in [4.69, 9.17) is 9.47 Å². The van der Waals surface area contributed by atoms with Gasteiger partial charge in [0.25, 0.3) is 0 Å². The maximum Gasteiger partial charge on any atom is 0.142 e. The van der Waals surface area contributed by atoms with Crippen molar-refractivity contribution in [1.82, 2.24) is 4.57 Å². The van der Waals surface area contributed by atoms with E-state index in [2.05, 4.69) is 32.3 Å². The lowest BCUT2D eigenvalue weighted by Crippen LogP contribution is -2.40. The van der Waals surface area contributed by atoms with Gasteiger partial charge in [-0.15, -0.1) is 0 Å². The van der Waals surface area contributed by atoms with Crippen molar-refractivity contribution < 1.29 is 9.47 Å². The zero-order valence-corrected chi connectivity index (χ0v) is 20.9. The summed E-state index contributed by atoms with van der Waals surface area (Å²) in [6.45, 7) is 12.9. The molecule has 0 aromatic rings. The maximum atomic E-state index is 5.82. The van der Waals surface area contributed by atoms with Gasteiger partial charge in [-0.3, -0.25) is 0 Å². The molecule has 0 aliphatic carbocycles. The van der Waals surface area contributed by atoms with Crippen molar-refractivity contribution in [2.45, 2.75) is 89.0 Å². The molecular formula is C18H43NO2Si3. The van der Waals surface area contributed by atoms with E-state index in [1.54, 1.807) is 31.0 Å². The molecule has 0 bridgehead atoms. The highest BCUT2D eigenvalue weighted by atomic mass is 28.3. The van der Waals surface area contributed by atoms with Crippen LogP contribution in [0.5, 0.6) is 0 Å². The Bertz CT molecular complexity index is 290. The van der Waals surface area contributed by atoms with Crippen molar-refractivity contribution in [3.05, 3.63) is 0 Å². The number of hydrogen-bond acceptors (Lipinski definition) is 3. The first-order valence-electron chi connectivity index (χ1n) is 10.7. The molecule has 2 rings (SSSR count). The van der Waals surface area contributed by atoms with Gasteiger partial charge in [-0.2, -0.15) is 0 Å². The molecule has 2 aliphatic heterocycles. The summed E-state index contributed by atoms with van der Waals surface area (Å²) in [6, 6.07) is 7.62. The van der Waals surface area contributed by atoms with Crippen LogP contribution in [0.1, 0.15) is 53.4 Å². The highest BCUT2D eigenvalue weighted by molar-refractivity contribution is 6.56. The van der Waals surface area contributed by atoms with Crippen LogP contribution in [0.2, 0.25) is 30.2 Å². The van der Waals surface area contributed by atoms with Crippen LogP contribution in [0.15, 0.2) is 0 Å². The first kappa shape index (κ1) is 22.6. The number of rotatable bonds is 10. The van der Waals surface area contributed by atoms with Crippen molar-refractivity contribution >= 4 is 28.0 Å². The average Bonchev–Trinajstić information content (AvgIpc) is 3.26. The Morgan fingerprint density at radius 2 is 1.75 bits per heavy atom. The molecule has 1 unspecified atom stereocenters. The predicted octanol–water partition coefficient (Wildman–Crippen LogP) is 2.95. The van der Waals surface area contributed by atoms with Gasteiger partial charge >= 0.3 is 0 Å². The predicted molar refractivity (Wildman–Crippen MR) is 116 cm³/mol. The van der Waals surface area contributed by atoms with Crippen LogP contribution in [0.25, 0.3) is 0 Å². The molecule has 24 heavy (non-hydrogen) atoms. The van der Waals surface area contributed by atoms with E-state index in [0.717, 1.165) is 13.2 Å². The number of hydrogen-bond donors (Lipinski definition) is 0. The molecular weight excluding hydrogens is 346 g/mol. The topological polar surface area (TPSA) is 21.7 Å².